The predicted molar refractivity (Wildman–Crippen MR) is 92.6 cm³/mol. The lowest BCUT2D eigenvalue weighted by Crippen LogP contribution is -2.41. The number of nitrogens with one attached hydrogen (secondary N) is 1. The van der Waals surface area contributed by atoms with Crippen molar-refractivity contribution in [3.63, 3.8) is 0 Å². The van der Waals surface area contributed by atoms with Gasteiger partial charge in [-0.15, -0.1) is 0 Å². The van der Waals surface area contributed by atoms with Crippen LogP contribution in [0.4, 0.5) is 5.69 Å². The van der Waals surface area contributed by atoms with Crippen LogP contribution in [0.15, 0.2) is 36.5 Å². The fourth-order valence-electron chi connectivity index (χ4n) is 3.11. The maximum atomic E-state index is 12.4. The maximum absolute atomic E-state index is 12.4. The van der Waals surface area contributed by atoms with E-state index in [1.165, 1.54) is 5.69 Å². The summed E-state index contributed by atoms with van der Waals surface area (Å²) >= 11 is 0. The average Bonchev–Trinajstić information content (AvgIpc) is 3.06. The second-order valence-electron chi connectivity index (χ2n) is 5.92. The van der Waals surface area contributed by atoms with Crippen molar-refractivity contribution in [3.8, 4) is 11.5 Å². The van der Waals surface area contributed by atoms with Crippen LogP contribution in [0.2, 0.25) is 0 Å². The highest BCUT2D eigenvalue weighted by molar-refractivity contribution is 5.92. The zero-order chi connectivity index (χ0) is 17.1. The highest BCUT2D eigenvalue weighted by atomic mass is 16.5. The lowest BCUT2D eigenvalue weighted by Gasteiger charge is -2.34. The number of amides is 1. The first-order chi connectivity index (χ1) is 11.6. The molecule has 0 aliphatic carbocycles. The standard InChI is InChI=1S/C18H23N3O3/c1-13-17-5-4-6-20(17)7-8-21(13)12-18(22)19-14-9-15(23-2)11-16(10-14)24-3/h4-6,9-11,13H,7-8,12H2,1-3H3,(H,19,22)/t13-/m1/s1. The van der Waals surface area contributed by atoms with Gasteiger partial charge in [0.1, 0.15) is 11.5 Å². The smallest absolute Gasteiger partial charge is 0.238 e. The molecule has 128 valence electrons. The molecule has 0 saturated carbocycles. The van der Waals surface area contributed by atoms with E-state index in [1.807, 2.05) is 0 Å². The van der Waals surface area contributed by atoms with E-state index < -0.39 is 0 Å². The summed E-state index contributed by atoms with van der Waals surface area (Å²) in [5.41, 5.74) is 1.92. The van der Waals surface area contributed by atoms with Crippen molar-refractivity contribution in [1.82, 2.24) is 9.47 Å². The van der Waals surface area contributed by atoms with Gasteiger partial charge < -0.3 is 19.4 Å². The van der Waals surface area contributed by atoms with Gasteiger partial charge in [-0.2, -0.15) is 0 Å². The van der Waals surface area contributed by atoms with E-state index in [-0.39, 0.29) is 11.9 Å². The summed E-state index contributed by atoms with van der Waals surface area (Å²) in [4.78, 5) is 14.6. The van der Waals surface area contributed by atoms with Crippen LogP contribution in [0.25, 0.3) is 0 Å². The SMILES string of the molecule is COc1cc(NC(=O)CN2CCn3cccc3[C@H]2C)cc(OC)c1. The minimum Gasteiger partial charge on any atom is -0.497 e. The van der Waals surface area contributed by atoms with Gasteiger partial charge in [0.2, 0.25) is 5.91 Å². The third-order valence-electron chi connectivity index (χ3n) is 4.45. The largest absolute Gasteiger partial charge is 0.497 e. The van der Waals surface area contributed by atoms with E-state index in [1.54, 1.807) is 32.4 Å². The Labute approximate surface area is 142 Å². The van der Waals surface area contributed by atoms with Crippen molar-refractivity contribution in [2.24, 2.45) is 0 Å². The number of carbonyl (C=O) groups excluding carboxylic acids is 1. The molecule has 6 nitrogen and oxygen atoms in total. The van der Waals surface area contributed by atoms with Crippen molar-refractivity contribution < 1.29 is 14.3 Å². The minimum absolute atomic E-state index is 0.0443. The first-order valence-corrected chi connectivity index (χ1v) is 8.02. The van der Waals surface area contributed by atoms with Gasteiger partial charge in [-0.05, 0) is 19.1 Å². The number of rotatable bonds is 5. The normalized spacial score (nSPS) is 17.2. The summed E-state index contributed by atoms with van der Waals surface area (Å²) in [6.45, 7) is 4.25. The molecule has 1 aliphatic heterocycles. The molecule has 2 heterocycles. The highest BCUT2D eigenvalue weighted by Gasteiger charge is 2.25. The Kier molecular flexibility index (Phi) is 4.76. The van der Waals surface area contributed by atoms with Crippen molar-refractivity contribution >= 4 is 11.6 Å². The van der Waals surface area contributed by atoms with E-state index in [0.29, 0.717) is 23.7 Å². The van der Waals surface area contributed by atoms with E-state index in [2.05, 4.69) is 40.0 Å². The number of aromatic nitrogens is 1. The number of hydrogen-bond acceptors (Lipinski definition) is 4. The number of methoxy groups -OCH3 is 2. The summed E-state index contributed by atoms with van der Waals surface area (Å²) in [6, 6.07) is 9.73. The molecular weight excluding hydrogens is 306 g/mol. The van der Waals surface area contributed by atoms with Gasteiger partial charge in [-0.25, -0.2) is 0 Å². The molecule has 1 N–H and O–H groups in total. The highest BCUT2D eigenvalue weighted by Crippen LogP contribution is 2.27. The topological polar surface area (TPSA) is 55.7 Å². The van der Waals surface area contributed by atoms with E-state index in [0.717, 1.165) is 13.1 Å². The number of hydrogen-bond donors (Lipinski definition) is 1. The summed E-state index contributed by atoms with van der Waals surface area (Å²) in [5, 5.41) is 2.93. The minimum atomic E-state index is -0.0443. The Hall–Kier alpha value is -2.47. The molecule has 3 rings (SSSR count). The molecule has 0 spiro atoms. The Bertz CT molecular complexity index is 704. The fourth-order valence-corrected chi connectivity index (χ4v) is 3.11. The van der Waals surface area contributed by atoms with Crippen molar-refractivity contribution in [2.45, 2.75) is 19.5 Å². The Morgan fingerprint density at radius 1 is 1.21 bits per heavy atom. The third kappa shape index (κ3) is 3.38. The van der Waals surface area contributed by atoms with Crippen LogP contribution in [0, 0.1) is 0 Å². The molecule has 0 saturated heterocycles. The van der Waals surface area contributed by atoms with Gasteiger partial charge in [0.25, 0.3) is 0 Å². The zero-order valence-corrected chi connectivity index (χ0v) is 14.3. The predicted octanol–water partition coefficient (Wildman–Crippen LogP) is 2.52. The molecule has 24 heavy (non-hydrogen) atoms. The van der Waals surface area contributed by atoms with Crippen LogP contribution in [-0.4, -0.2) is 42.7 Å². The Morgan fingerprint density at radius 3 is 2.58 bits per heavy atom. The number of nitrogens with zero attached hydrogens (tertiary/aromatic N) is 2. The number of carbonyl (C=O) groups is 1. The van der Waals surface area contributed by atoms with Crippen LogP contribution in [0.5, 0.6) is 11.5 Å². The number of fused-ring (bicyclic) bond motifs is 1. The van der Waals surface area contributed by atoms with Crippen LogP contribution in [-0.2, 0) is 11.3 Å². The fraction of sp³-hybridized carbons (Fsp3) is 0.389. The summed E-state index contributed by atoms with van der Waals surface area (Å²) < 4.78 is 12.7. The van der Waals surface area contributed by atoms with Gasteiger partial charge in [0.15, 0.2) is 0 Å². The Morgan fingerprint density at radius 2 is 1.92 bits per heavy atom. The summed E-state index contributed by atoms with van der Waals surface area (Å²) in [7, 11) is 3.18. The van der Waals surface area contributed by atoms with Gasteiger partial charge in [0.05, 0.1) is 20.8 Å². The van der Waals surface area contributed by atoms with Crippen LogP contribution < -0.4 is 14.8 Å². The number of benzene rings is 1. The molecule has 0 radical (unpaired) electrons. The van der Waals surface area contributed by atoms with E-state index >= 15 is 0 Å². The lowest BCUT2D eigenvalue weighted by molar-refractivity contribution is -0.118. The molecule has 0 unspecified atom stereocenters. The second kappa shape index (κ2) is 6.97. The van der Waals surface area contributed by atoms with Gasteiger partial charge in [-0.1, -0.05) is 0 Å². The summed E-state index contributed by atoms with van der Waals surface area (Å²) in [5.74, 6) is 1.25. The van der Waals surface area contributed by atoms with Gasteiger partial charge in [-0.3, -0.25) is 9.69 Å². The van der Waals surface area contributed by atoms with Gasteiger partial charge in [0, 0.05) is 54.9 Å². The molecule has 6 heteroatoms. The lowest BCUT2D eigenvalue weighted by atomic mass is 10.1. The van der Waals surface area contributed by atoms with Crippen molar-refractivity contribution in [2.75, 3.05) is 32.6 Å². The monoisotopic (exact) mass is 329 g/mol. The van der Waals surface area contributed by atoms with Crippen LogP contribution >= 0.6 is 0 Å². The van der Waals surface area contributed by atoms with Crippen LogP contribution in [0.1, 0.15) is 18.7 Å². The molecule has 0 fully saturated rings. The molecule has 1 amide bonds. The molecular formula is C18H23N3O3. The quantitative estimate of drug-likeness (QED) is 0.916. The number of anilines is 1. The van der Waals surface area contributed by atoms with Crippen molar-refractivity contribution in [3.05, 3.63) is 42.2 Å². The molecule has 1 aromatic carbocycles. The summed E-state index contributed by atoms with van der Waals surface area (Å²) in [6.07, 6.45) is 2.09. The van der Waals surface area contributed by atoms with E-state index in [9.17, 15) is 4.79 Å². The Balaban J connectivity index is 1.66. The van der Waals surface area contributed by atoms with Crippen molar-refractivity contribution in [1.29, 1.82) is 0 Å². The van der Waals surface area contributed by atoms with Crippen LogP contribution in [0.3, 0.4) is 0 Å². The maximum Gasteiger partial charge on any atom is 0.238 e. The third-order valence-corrected chi connectivity index (χ3v) is 4.45. The molecule has 1 aliphatic rings. The first kappa shape index (κ1) is 16.4. The van der Waals surface area contributed by atoms with E-state index in [4.69, 9.17) is 9.47 Å². The zero-order valence-electron chi connectivity index (χ0n) is 14.3. The average molecular weight is 329 g/mol. The number of ether oxygens (including phenoxy) is 2. The molecule has 2 aromatic rings. The molecule has 0 bridgehead atoms. The first-order valence-electron chi connectivity index (χ1n) is 8.02. The second-order valence-corrected chi connectivity index (χ2v) is 5.92. The van der Waals surface area contributed by atoms with Gasteiger partial charge >= 0.3 is 0 Å². The molecule has 1 atom stereocenters. The molecule has 1 aromatic heterocycles.